The molecule has 0 saturated heterocycles. The van der Waals surface area contributed by atoms with E-state index in [-0.39, 0.29) is 6.10 Å². The Kier molecular flexibility index (Phi) is 5.26. The van der Waals surface area contributed by atoms with Crippen LogP contribution in [0.25, 0.3) is 0 Å². The minimum Gasteiger partial charge on any atom is -0.387 e. The molecule has 1 saturated carbocycles. The van der Waals surface area contributed by atoms with Crippen LogP contribution in [0.15, 0.2) is 0 Å². The van der Waals surface area contributed by atoms with E-state index < -0.39 is 5.60 Å². The maximum atomic E-state index is 10.5. The summed E-state index contributed by atoms with van der Waals surface area (Å²) in [5.74, 6) is 1.53. The predicted molar refractivity (Wildman–Crippen MR) is 67.5 cm³/mol. The van der Waals surface area contributed by atoms with Crippen molar-refractivity contribution in [2.24, 2.45) is 11.8 Å². The summed E-state index contributed by atoms with van der Waals surface area (Å²) in [6.07, 6.45) is 5.58. The highest BCUT2D eigenvalue weighted by Gasteiger charge is 2.32. The Labute approximate surface area is 100 Å². The van der Waals surface area contributed by atoms with Crippen LogP contribution in [-0.4, -0.2) is 23.4 Å². The van der Waals surface area contributed by atoms with Crippen molar-refractivity contribution in [2.75, 3.05) is 6.61 Å². The molecule has 0 aromatic heterocycles. The Balaban J connectivity index is 2.44. The summed E-state index contributed by atoms with van der Waals surface area (Å²) < 4.78 is 5.59. The Morgan fingerprint density at radius 2 is 1.88 bits per heavy atom. The summed E-state index contributed by atoms with van der Waals surface area (Å²) in [6.45, 7) is 9.14. The summed E-state index contributed by atoms with van der Waals surface area (Å²) in [7, 11) is 0. The van der Waals surface area contributed by atoms with Gasteiger partial charge in [-0.05, 0) is 44.9 Å². The summed E-state index contributed by atoms with van der Waals surface area (Å²) in [6, 6.07) is 0. The van der Waals surface area contributed by atoms with Gasteiger partial charge >= 0.3 is 0 Å². The molecule has 0 bridgehead atoms. The molecule has 1 aliphatic carbocycles. The zero-order valence-electron chi connectivity index (χ0n) is 11.3. The van der Waals surface area contributed by atoms with E-state index in [1.807, 2.05) is 13.8 Å². The normalized spacial score (nSPS) is 32.1. The molecule has 2 heteroatoms. The lowest BCUT2D eigenvalue weighted by molar-refractivity contribution is -0.0731. The van der Waals surface area contributed by atoms with Crippen molar-refractivity contribution >= 4 is 0 Å². The molecule has 0 aliphatic heterocycles. The topological polar surface area (TPSA) is 29.5 Å². The first-order valence-corrected chi connectivity index (χ1v) is 6.77. The van der Waals surface area contributed by atoms with E-state index in [0.29, 0.717) is 6.61 Å². The van der Waals surface area contributed by atoms with Gasteiger partial charge in [0.25, 0.3) is 0 Å². The van der Waals surface area contributed by atoms with Gasteiger partial charge in [0, 0.05) is 0 Å². The van der Waals surface area contributed by atoms with Gasteiger partial charge in [-0.25, -0.2) is 0 Å². The quantitative estimate of drug-likeness (QED) is 0.747. The van der Waals surface area contributed by atoms with Crippen LogP contribution in [0.5, 0.6) is 0 Å². The Hall–Kier alpha value is -0.0800. The second-order valence-electron chi connectivity index (χ2n) is 6.02. The zero-order chi connectivity index (χ0) is 12.2. The van der Waals surface area contributed by atoms with E-state index in [1.54, 1.807) is 0 Å². The number of ether oxygens (including phenoxy) is 1. The monoisotopic (exact) mass is 228 g/mol. The minimum atomic E-state index is -0.562. The van der Waals surface area contributed by atoms with Gasteiger partial charge in [-0.15, -0.1) is 0 Å². The van der Waals surface area contributed by atoms with Crippen molar-refractivity contribution < 1.29 is 9.84 Å². The van der Waals surface area contributed by atoms with E-state index in [4.69, 9.17) is 4.74 Å². The molecular weight excluding hydrogens is 200 g/mol. The maximum Gasteiger partial charge on any atom is 0.0880 e. The fraction of sp³-hybridized carbons (Fsp3) is 1.00. The molecule has 1 aliphatic rings. The fourth-order valence-corrected chi connectivity index (χ4v) is 2.55. The molecule has 0 spiro atoms. The molecule has 0 radical (unpaired) electrons. The van der Waals surface area contributed by atoms with E-state index >= 15 is 0 Å². The van der Waals surface area contributed by atoms with Crippen molar-refractivity contribution in [1.82, 2.24) is 0 Å². The van der Waals surface area contributed by atoms with Gasteiger partial charge in [0.05, 0.1) is 18.3 Å². The van der Waals surface area contributed by atoms with Crippen molar-refractivity contribution in [3.63, 3.8) is 0 Å². The zero-order valence-corrected chi connectivity index (χ0v) is 11.3. The van der Waals surface area contributed by atoms with Crippen molar-refractivity contribution in [3.8, 4) is 0 Å². The van der Waals surface area contributed by atoms with Gasteiger partial charge in [-0.3, -0.25) is 0 Å². The highest BCUT2D eigenvalue weighted by molar-refractivity contribution is 4.84. The van der Waals surface area contributed by atoms with Crippen LogP contribution in [0.3, 0.4) is 0 Å². The lowest BCUT2D eigenvalue weighted by atomic mass is 9.88. The third kappa shape index (κ3) is 4.42. The maximum absolute atomic E-state index is 10.5. The van der Waals surface area contributed by atoms with Crippen LogP contribution >= 0.6 is 0 Å². The van der Waals surface area contributed by atoms with Crippen molar-refractivity contribution in [3.05, 3.63) is 0 Å². The second-order valence-corrected chi connectivity index (χ2v) is 6.02. The molecular formula is C14H28O2. The van der Waals surface area contributed by atoms with Crippen molar-refractivity contribution in [1.29, 1.82) is 0 Å². The summed E-state index contributed by atoms with van der Waals surface area (Å²) in [5.41, 5.74) is -0.562. The van der Waals surface area contributed by atoms with Gasteiger partial charge in [0.15, 0.2) is 0 Å². The first-order chi connectivity index (χ1) is 7.43. The molecule has 2 nitrogen and oxygen atoms in total. The summed E-state index contributed by atoms with van der Waals surface area (Å²) >= 11 is 0. The Morgan fingerprint density at radius 1 is 1.19 bits per heavy atom. The second kappa shape index (κ2) is 6.02. The van der Waals surface area contributed by atoms with Crippen molar-refractivity contribution in [2.45, 2.75) is 71.5 Å². The molecule has 0 aromatic rings. The lowest BCUT2D eigenvalue weighted by Gasteiger charge is -2.27. The third-order valence-corrected chi connectivity index (χ3v) is 3.83. The summed E-state index contributed by atoms with van der Waals surface area (Å²) in [4.78, 5) is 0. The standard InChI is InChI=1S/C14H28O2/c1-11(2)13-6-5-8-14(15,9-7-13)10-16-12(3)4/h11-13,15H,5-10H2,1-4H3. The van der Waals surface area contributed by atoms with Crippen LogP contribution < -0.4 is 0 Å². The highest BCUT2D eigenvalue weighted by Crippen LogP contribution is 2.34. The molecule has 96 valence electrons. The van der Waals surface area contributed by atoms with Crippen LogP contribution in [0.1, 0.15) is 59.8 Å². The number of rotatable bonds is 4. The van der Waals surface area contributed by atoms with Gasteiger partial charge in [0.1, 0.15) is 0 Å². The lowest BCUT2D eigenvalue weighted by Crippen LogP contribution is -2.35. The molecule has 1 N–H and O–H groups in total. The molecule has 16 heavy (non-hydrogen) atoms. The third-order valence-electron chi connectivity index (χ3n) is 3.83. The molecule has 0 heterocycles. The number of hydrogen-bond acceptors (Lipinski definition) is 2. The number of hydrogen-bond donors (Lipinski definition) is 1. The average molecular weight is 228 g/mol. The van der Waals surface area contributed by atoms with Crippen LogP contribution in [0.2, 0.25) is 0 Å². The van der Waals surface area contributed by atoms with E-state index in [1.165, 1.54) is 6.42 Å². The van der Waals surface area contributed by atoms with E-state index in [2.05, 4.69) is 13.8 Å². The molecule has 1 rings (SSSR count). The highest BCUT2D eigenvalue weighted by atomic mass is 16.5. The van der Waals surface area contributed by atoms with Gasteiger partial charge in [-0.1, -0.05) is 26.7 Å². The van der Waals surface area contributed by atoms with Gasteiger partial charge in [-0.2, -0.15) is 0 Å². The fourth-order valence-electron chi connectivity index (χ4n) is 2.55. The summed E-state index contributed by atoms with van der Waals surface area (Å²) in [5, 5.41) is 10.5. The van der Waals surface area contributed by atoms with Crippen LogP contribution in [0, 0.1) is 11.8 Å². The average Bonchev–Trinajstić information content (AvgIpc) is 2.38. The Morgan fingerprint density at radius 3 is 2.44 bits per heavy atom. The van der Waals surface area contributed by atoms with Crippen LogP contribution in [0.4, 0.5) is 0 Å². The van der Waals surface area contributed by atoms with E-state index in [9.17, 15) is 5.11 Å². The molecule has 2 unspecified atom stereocenters. The smallest absolute Gasteiger partial charge is 0.0880 e. The van der Waals surface area contributed by atoms with Crippen LogP contribution in [-0.2, 0) is 4.74 Å². The molecule has 0 aromatic carbocycles. The molecule has 2 atom stereocenters. The Bertz CT molecular complexity index is 201. The number of aliphatic hydroxyl groups is 1. The predicted octanol–water partition coefficient (Wildman–Crippen LogP) is 3.38. The largest absolute Gasteiger partial charge is 0.387 e. The van der Waals surface area contributed by atoms with Gasteiger partial charge in [0.2, 0.25) is 0 Å². The molecule has 0 amide bonds. The first-order valence-electron chi connectivity index (χ1n) is 6.77. The van der Waals surface area contributed by atoms with E-state index in [0.717, 1.165) is 37.5 Å². The first kappa shape index (κ1) is 14.0. The van der Waals surface area contributed by atoms with Gasteiger partial charge < -0.3 is 9.84 Å². The minimum absolute atomic E-state index is 0.216. The SMILES string of the molecule is CC(C)OCC1(O)CCCC(C(C)C)CC1. The molecule has 1 fully saturated rings.